The molecule has 0 saturated carbocycles. The minimum absolute atomic E-state index is 0.435. The van der Waals surface area contributed by atoms with E-state index < -0.39 is 6.04 Å². The molecule has 0 aliphatic heterocycles. The summed E-state index contributed by atoms with van der Waals surface area (Å²) in [5, 5.41) is 0. The highest BCUT2D eigenvalue weighted by Crippen LogP contribution is 2.42. The van der Waals surface area contributed by atoms with Crippen LogP contribution >= 0.6 is 34.5 Å². The van der Waals surface area contributed by atoms with E-state index in [9.17, 15) is 0 Å². The maximum Gasteiger partial charge on any atom is 0.203 e. The van der Waals surface area contributed by atoms with Gasteiger partial charge in [0.2, 0.25) is 5.75 Å². The Kier molecular flexibility index (Phi) is 5.22. The van der Waals surface area contributed by atoms with Gasteiger partial charge in [-0.05, 0) is 23.8 Å². The Hall–Kier alpha value is -1.14. The van der Waals surface area contributed by atoms with Gasteiger partial charge in [0.25, 0.3) is 0 Å². The van der Waals surface area contributed by atoms with Crippen molar-refractivity contribution in [2.45, 2.75) is 6.04 Å². The highest BCUT2D eigenvalue weighted by Gasteiger charge is 2.20. The molecule has 0 amide bonds. The van der Waals surface area contributed by atoms with Crippen LogP contribution in [-0.4, -0.2) is 21.3 Å². The van der Waals surface area contributed by atoms with Crippen LogP contribution in [0.15, 0.2) is 18.2 Å². The Labute approximate surface area is 137 Å². The molecule has 0 bridgehead atoms. The zero-order valence-electron chi connectivity index (χ0n) is 11.8. The zero-order chi connectivity index (χ0) is 15.6. The summed E-state index contributed by atoms with van der Waals surface area (Å²) >= 11 is 13.4. The monoisotopic (exact) mass is 347 g/mol. The van der Waals surface area contributed by atoms with Gasteiger partial charge in [-0.1, -0.05) is 23.2 Å². The summed E-state index contributed by atoms with van der Waals surface area (Å²) in [6, 6.07) is 4.93. The lowest BCUT2D eigenvalue weighted by Crippen LogP contribution is -2.12. The Balaban J connectivity index is 2.51. The van der Waals surface area contributed by atoms with E-state index in [0.29, 0.717) is 25.9 Å². The molecule has 0 spiro atoms. The molecule has 21 heavy (non-hydrogen) atoms. The molecule has 0 saturated heterocycles. The molecule has 2 aromatic rings. The fourth-order valence-corrected chi connectivity index (χ4v) is 3.58. The highest BCUT2D eigenvalue weighted by atomic mass is 35.5. The van der Waals surface area contributed by atoms with Crippen molar-refractivity contribution in [2.75, 3.05) is 21.3 Å². The number of hydrogen-bond donors (Lipinski definition) is 1. The predicted molar refractivity (Wildman–Crippen MR) is 86.5 cm³/mol. The van der Waals surface area contributed by atoms with E-state index in [4.69, 9.17) is 43.1 Å². The number of thiophene rings is 1. The van der Waals surface area contributed by atoms with Crippen molar-refractivity contribution in [3.63, 3.8) is 0 Å². The van der Waals surface area contributed by atoms with Gasteiger partial charge in [-0.2, -0.15) is 0 Å². The van der Waals surface area contributed by atoms with E-state index in [2.05, 4.69) is 0 Å². The molecular weight excluding hydrogens is 333 g/mol. The number of halogens is 2. The van der Waals surface area contributed by atoms with Gasteiger partial charge in [0.15, 0.2) is 11.5 Å². The smallest absolute Gasteiger partial charge is 0.203 e. The van der Waals surface area contributed by atoms with Crippen molar-refractivity contribution in [3.8, 4) is 17.2 Å². The molecule has 7 heteroatoms. The second-order valence-electron chi connectivity index (χ2n) is 4.22. The number of ether oxygens (including phenoxy) is 3. The minimum atomic E-state index is -0.435. The quantitative estimate of drug-likeness (QED) is 0.883. The van der Waals surface area contributed by atoms with Gasteiger partial charge < -0.3 is 19.9 Å². The molecule has 114 valence electrons. The Morgan fingerprint density at radius 2 is 1.57 bits per heavy atom. The molecule has 1 heterocycles. The van der Waals surface area contributed by atoms with E-state index >= 15 is 0 Å². The van der Waals surface area contributed by atoms with Crippen molar-refractivity contribution in [1.29, 1.82) is 0 Å². The van der Waals surface area contributed by atoms with Gasteiger partial charge >= 0.3 is 0 Å². The summed E-state index contributed by atoms with van der Waals surface area (Å²) in [5.41, 5.74) is 7.84. The first-order valence-electron chi connectivity index (χ1n) is 6.02. The van der Waals surface area contributed by atoms with E-state index in [1.807, 2.05) is 0 Å². The fraction of sp³-hybridized carbons (Fsp3) is 0.286. The first-order valence-corrected chi connectivity index (χ1v) is 7.59. The number of nitrogens with two attached hydrogens (primary N) is 1. The van der Waals surface area contributed by atoms with Crippen LogP contribution in [0.5, 0.6) is 17.2 Å². The second-order valence-corrected chi connectivity index (χ2v) is 6.50. The number of rotatable bonds is 5. The van der Waals surface area contributed by atoms with E-state index in [-0.39, 0.29) is 0 Å². The van der Waals surface area contributed by atoms with E-state index in [0.717, 1.165) is 11.1 Å². The van der Waals surface area contributed by atoms with Gasteiger partial charge in [-0.15, -0.1) is 11.3 Å². The van der Waals surface area contributed by atoms with Crippen LogP contribution in [0, 0.1) is 0 Å². The van der Waals surface area contributed by atoms with Gasteiger partial charge in [-0.3, -0.25) is 0 Å². The van der Waals surface area contributed by atoms with Gasteiger partial charge in [0.1, 0.15) is 0 Å². The Morgan fingerprint density at radius 1 is 1.00 bits per heavy atom. The summed E-state index contributed by atoms with van der Waals surface area (Å²) < 4.78 is 17.1. The van der Waals surface area contributed by atoms with Crippen LogP contribution in [-0.2, 0) is 0 Å². The van der Waals surface area contributed by atoms with E-state index in [1.54, 1.807) is 39.5 Å². The summed E-state index contributed by atoms with van der Waals surface area (Å²) in [6.07, 6.45) is 0. The molecule has 0 aliphatic carbocycles. The lowest BCUT2D eigenvalue weighted by atomic mass is 10.0. The zero-order valence-corrected chi connectivity index (χ0v) is 14.1. The maximum absolute atomic E-state index is 6.28. The Morgan fingerprint density at radius 3 is 1.95 bits per heavy atom. The molecule has 0 radical (unpaired) electrons. The summed E-state index contributed by atoms with van der Waals surface area (Å²) in [6.45, 7) is 0. The molecule has 1 atom stereocenters. The third-order valence-corrected chi connectivity index (χ3v) is 4.58. The minimum Gasteiger partial charge on any atom is -0.493 e. The number of hydrogen-bond acceptors (Lipinski definition) is 5. The average molecular weight is 348 g/mol. The van der Waals surface area contributed by atoms with Crippen molar-refractivity contribution < 1.29 is 14.2 Å². The van der Waals surface area contributed by atoms with E-state index in [1.165, 1.54) is 11.3 Å². The van der Waals surface area contributed by atoms with Gasteiger partial charge in [0.05, 0.1) is 36.0 Å². The van der Waals surface area contributed by atoms with Crippen LogP contribution < -0.4 is 19.9 Å². The maximum atomic E-state index is 6.28. The largest absolute Gasteiger partial charge is 0.493 e. The lowest BCUT2D eigenvalue weighted by molar-refractivity contribution is 0.323. The fourth-order valence-electron chi connectivity index (χ4n) is 2.03. The van der Waals surface area contributed by atoms with Crippen LogP contribution in [0.4, 0.5) is 0 Å². The van der Waals surface area contributed by atoms with Crippen LogP contribution in [0.25, 0.3) is 0 Å². The average Bonchev–Trinajstić information content (AvgIpc) is 2.83. The summed E-state index contributed by atoms with van der Waals surface area (Å²) in [5.74, 6) is 1.60. The molecule has 4 nitrogen and oxygen atoms in total. The predicted octanol–water partition coefficient (Wildman–Crippen LogP) is 4.13. The van der Waals surface area contributed by atoms with Crippen molar-refractivity contribution in [1.82, 2.24) is 0 Å². The highest BCUT2D eigenvalue weighted by molar-refractivity contribution is 7.20. The summed E-state index contributed by atoms with van der Waals surface area (Å²) in [7, 11) is 4.66. The molecule has 1 aromatic carbocycles. The van der Waals surface area contributed by atoms with Crippen LogP contribution in [0.1, 0.15) is 17.2 Å². The summed E-state index contributed by atoms with van der Waals surface area (Å²) in [4.78, 5) is 0. The molecule has 2 rings (SSSR count). The Bertz CT molecular complexity index is 620. The van der Waals surface area contributed by atoms with Gasteiger partial charge in [0, 0.05) is 5.56 Å². The van der Waals surface area contributed by atoms with Crippen LogP contribution in [0.3, 0.4) is 0 Å². The molecule has 2 N–H and O–H groups in total. The first kappa shape index (κ1) is 16.2. The third kappa shape index (κ3) is 3.21. The first-order chi connectivity index (χ1) is 10.0. The molecular formula is C14H15Cl2NO3S. The molecule has 0 fully saturated rings. The third-order valence-electron chi connectivity index (χ3n) is 3.06. The standard InChI is InChI=1S/C14H15Cl2NO3S/c1-18-9-4-7(5-10(19-2)13(9)20-3)12(17)8-6-11(15)21-14(8)16/h4-6,12H,17H2,1-3H3. The van der Waals surface area contributed by atoms with Crippen molar-refractivity contribution in [2.24, 2.45) is 5.73 Å². The normalized spacial score (nSPS) is 12.1. The topological polar surface area (TPSA) is 53.7 Å². The number of methoxy groups -OCH3 is 3. The van der Waals surface area contributed by atoms with Crippen molar-refractivity contribution in [3.05, 3.63) is 38.0 Å². The SMILES string of the molecule is COc1cc(C(N)c2cc(Cl)sc2Cl)cc(OC)c1OC. The molecule has 1 unspecified atom stereocenters. The number of benzene rings is 1. The molecule has 0 aliphatic rings. The molecule has 1 aromatic heterocycles. The van der Waals surface area contributed by atoms with Gasteiger partial charge in [-0.25, -0.2) is 0 Å². The van der Waals surface area contributed by atoms with Crippen LogP contribution in [0.2, 0.25) is 8.67 Å². The van der Waals surface area contributed by atoms with Crippen molar-refractivity contribution >= 4 is 34.5 Å². The lowest BCUT2D eigenvalue weighted by Gasteiger charge is -2.17. The second kappa shape index (κ2) is 6.75.